The van der Waals surface area contributed by atoms with Gasteiger partial charge in [0.2, 0.25) is 0 Å². The average molecular weight is 380 g/mol. The van der Waals surface area contributed by atoms with Gasteiger partial charge in [-0.2, -0.15) is 0 Å². The van der Waals surface area contributed by atoms with E-state index in [0.29, 0.717) is 17.9 Å². The standard InChI is InChI=1S/C19H28N2O6/c1-19(2,3)27-18(24)20-16(17(22)23)14-4-6-15(7-5-14)26-13-10-21-8-11-25-12-9-21/h4-7,16H,8-13H2,1-3H3,(H,20,24)(H,22,23). The van der Waals surface area contributed by atoms with Gasteiger partial charge in [0.25, 0.3) is 0 Å². The van der Waals surface area contributed by atoms with Crippen LogP contribution in [0.15, 0.2) is 24.3 Å². The van der Waals surface area contributed by atoms with Gasteiger partial charge in [-0.3, -0.25) is 4.90 Å². The van der Waals surface area contributed by atoms with E-state index in [1.165, 1.54) is 0 Å². The van der Waals surface area contributed by atoms with Gasteiger partial charge < -0.3 is 24.6 Å². The zero-order valence-corrected chi connectivity index (χ0v) is 16.1. The maximum atomic E-state index is 11.9. The molecule has 1 aliphatic rings. The van der Waals surface area contributed by atoms with Gasteiger partial charge in [0.1, 0.15) is 18.0 Å². The van der Waals surface area contributed by atoms with Crippen LogP contribution >= 0.6 is 0 Å². The van der Waals surface area contributed by atoms with Gasteiger partial charge in [0.15, 0.2) is 6.04 Å². The largest absolute Gasteiger partial charge is 0.492 e. The zero-order valence-electron chi connectivity index (χ0n) is 16.1. The lowest BCUT2D eigenvalue weighted by atomic mass is 10.1. The molecule has 2 rings (SSSR count). The second-order valence-electron chi connectivity index (χ2n) is 7.29. The molecule has 1 fully saturated rings. The minimum atomic E-state index is -1.19. The highest BCUT2D eigenvalue weighted by atomic mass is 16.6. The van der Waals surface area contributed by atoms with Crippen molar-refractivity contribution in [2.24, 2.45) is 0 Å². The predicted molar refractivity (Wildman–Crippen MR) is 98.9 cm³/mol. The van der Waals surface area contributed by atoms with E-state index in [-0.39, 0.29) is 0 Å². The van der Waals surface area contributed by atoms with Gasteiger partial charge in [-0.25, -0.2) is 9.59 Å². The number of carboxylic acids is 1. The average Bonchev–Trinajstić information content (AvgIpc) is 2.60. The van der Waals surface area contributed by atoms with Crippen LogP contribution in [0.1, 0.15) is 32.4 Å². The van der Waals surface area contributed by atoms with E-state index < -0.39 is 23.7 Å². The van der Waals surface area contributed by atoms with E-state index >= 15 is 0 Å². The van der Waals surface area contributed by atoms with Crippen LogP contribution in [-0.2, 0) is 14.3 Å². The summed E-state index contributed by atoms with van der Waals surface area (Å²) < 4.78 is 16.1. The number of rotatable bonds is 7. The van der Waals surface area contributed by atoms with Crippen molar-refractivity contribution in [2.45, 2.75) is 32.4 Å². The Balaban J connectivity index is 1.88. The van der Waals surface area contributed by atoms with Crippen molar-refractivity contribution in [2.75, 3.05) is 39.5 Å². The fraction of sp³-hybridized carbons (Fsp3) is 0.579. The highest BCUT2D eigenvalue weighted by Gasteiger charge is 2.25. The summed E-state index contributed by atoms with van der Waals surface area (Å²) in [6.07, 6.45) is -0.777. The molecule has 0 aliphatic carbocycles. The molecule has 1 aliphatic heterocycles. The summed E-state index contributed by atoms with van der Waals surface area (Å²) in [4.78, 5) is 25.7. The first-order valence-electron chi connectivity index (χ1n) is 9.00. The third-order valence-corrected chi connectivity index (χ3v) is 3.90. The van der Waals surface area contributed by atoms with Crippen LogP contribution in [0.3, 0.4) is 0 Å². The van der Waals surface area contributed by atoms with Gasteiger partial charge in [-0.1, -0.05) is 12.1 Å². The monoisotopic (exact) mass is 380 g/mol. The molecule has 1 heterocycles. The maximum Gasteiger partial charge on any atom is 0.408 e. The molecular formula is C19H28N2O6. The smallest absolute Gasteiger partial charge is 0.408 e. The third kappa shape index (κ3) is 7.44. The van der Waals surface area contributed by atoms with E-state index in [1.807, 2.05) is 0 Å². The van der Waals surface area contributed by atoms with Gasteiger partial charge in [0.05, 0.1) is 13.2 Å². The number of nitrogens with zero attached hydrogens (tertiary/aromatic N) is 1. The van der Waals surface area contributed by atoms with E-state index in [4.69, 9.17) is 14.2 Å². The van der Waals surface area contributed by atoms with E-state index in [9.17, 15) is 14.7 Å². The predicted octanol–water partition coefficient (Wildman–Crippen LogP) is 2.05. The Morgan fingerprint density at radius 3 is 2.41 bits per heavy atom. The summed E-state index contributed by atoms with van der Waals surface area (Å²) in [6.45, 7) is 9.78. The third-order valence-electron chi connectivity index (χ3n) is 3.90. The van der Waals surface area contributed by atoms with Crippen LogP contribution in [0.25, 0.3) is 0 Å². The van der Waals surface area contributed by atoms with Gasteiger partial charge in [-0.15, -0.1) is 0 Å². The fourth-order valence-electron chi connectivity index (χ4n) is 2.59. The lowest BCUT2D eigenvalue weighted by Gasteiger charge is -2.26. The van der Waals surface area contributed by atoms with Crippen molar-refractivity contribution in [1.82, 2.24) is 10.2 Å². The summed E-state index contributed by atoms with van der Waals surface area (Å²) in [6, 6.07) is 5.45. The number of hydrogen-bond acceptors (Lipinski definition) is 6. The number of ether oxygens (including phenoxy) is 3. The Bertz CT molecular complexity index is 620. The van der Waals surface area contributed by atoms with Crippen molar-refractivity contribution in [1.29, 1.82) is 0 Å². The van der Waals surface area contributed by atoms with Crippen molar-refractivity contribution < 1.29 is 28.9 Å². The topological polar surface area (TPSA) is 97.3 Å². The van der Waals surface area contributed by atoms with Crippen LogP contribution in [0.4, 0.5) is 4.79 Å². The Hall–Kier alpha value is -2.32. The molecule has 0 radical (unpaired) electrons. The number of hydrogen-bond donors (Lipinski definition) is 2. The number of carbonyl (C=O) groups is 2. The highest BCUT2D eigenvalue weighted by molar-refractivity contribution is 5.81. The summed E-state index contributed by atoms with van der Waals surface area (Å²) in [7, 11) is 0. The molecular weight excluding hydrogens is 352 g/mol. The number of alkyl carbamates (subject to hydrolysis) is 1. The number of amides is 1. The number of benzene rings is 1. The molecule has 150 valence electrons. The lowest BCUT2D eigenvalue weighted by Crippen LogP contribution is -2.38. The number of carbonyl (C=O) groups excluding carboxylic acids is 1. The molecule has 1 unspecified atom stereocenters. The summed E-state index contributed by atoms with van der Waals surface area (Å²) >= 11 is 0. The highest BCUT2D eigenvalue weighted by Crippen LogP contribution is 2.19. The molecule has 1 amide bonds. The molecule has 0 aromatic heterocycles. The number of carboxylic acid groups (broad SMARTS) is 1. The molecule has 2 N–H and O–H groups in total. The summed E-state index contributed by atoms with van der Waals surface area (Å²) in [5.74, 6) is -0.518. The Kier molecular flexibility index (Phi) is 7.44. The Morgan fingerprint density at radius 2 is 1.85 bits per heavy atom. The number of aliphatic carboxylic acids is 1. The summed E-state index contributed by atoms with van der Waals surface area (Å²) in [5, 5.41) is 11.8. The Labute approximate surface area is 159 Å². The second kappa shape index (κ2) is 9.57. The van der Waals surface area contributed by atoms with E-state index in [1.54, 1.807) is 45.0 Å². The van der Waals surface area contributed by atoms with Crippen LogP contribution in [-0.4, -0.2) is 67.1 Å². The maximum absolute atomic E-state index is 11.9. The van der Waals surface area contributed by atoms with Crippen LogP contribution in [0.5, 0.6) is 5.75 Å². The first-order valence-corrected chi connectivity index (χ1v) is 9.00. The molecule has 8 heteroatoms. The van der Waals surface area contributed by atoms with Crippen molar-refractivity contribution in [3.8, 4) is 5.75 Å². The molecule has 1 aromatic rings. The number of nitrogens with one attached hydrogen (secondary N) is 1. The summed E-state index contributed by atoms with van der Waals surface area (Å²) in [5.41, 5.74) is -0.264. The molecule has 0 saturated carbocycles. The van der Waals surface area contributed by atoms with Gasteiger partial charge in [-0.05, 0) is 38.5 Å². The quantitative estimate of drug-likeness (QED) is 0.747. The molecule has 0 spiro atoms. The molecule has 8 nitrogen and oxygen atoms in total. The SMILES string of the molecule is CC(C)(C)OC(=O)NC(C(=O)O)c1ccc(OCCN2CCOCC2)cc1. The zero-order chi connectivity index (χ0) is 19.9. The van der Waals surface area contributed by atoms with Crippen LogP contribution < -0.4 is 10.1 Å². The van der Waals surface area contributed by atoms with Crippen molar-refractivity contribution in [3.05, 3.63) is 29.8 Å². The molecule has 0 bridgehead atoms. The lowest BCUT2D eigenvalue weighted by molar-refractivity contribution is -0.139. The molecule has 1 aromatic carbocycles. The van der Waals surface area contributed by atoms with Crippen LogP contribution in [0, 0.1) is 0 Å². The minimum absolute atomic E-state index is 0.439. The molecule has 27 heavy (non-hydrogen) atoms. The van der Waals surface area contributed by atoms with E-state index in [0.717, 1.165) is 32.8 Å². The normalized spacial score (nSPS) is 16.4. The van der Waals surface area contributed by atoms with Crippen LogP contribution in [0.2, 0.25) is 0 Å². The van der Waals surface area contributed by atoms with Gasteiger partial charge >= 0.3 is 12.1 Å². The van der Waals surface area contributed by atoms with Crippen molar-refractivity contribution in [3.63, 3.8) is 0 Å². The molecule has 1 atom stereocenters. The van der Waals surface area contributed by atoms with Crippen molar-refractivity contribution >= 4 is 12.1 Å². The molecule has 1 saturated heterocycles. The number of morpholine rings is 1. The van der Waals surface area contributed by atoms with Gasteiger partial charge in [0, 0.05) is 19.6 Å². The minimum Gasteiger partial charge on any atom is -0.492 e. The fourth-order valence-corrected chi connectivity index (χ4v) is 2.59. The second-order valence-corrected chi connectivity index (χ2v) is 7.29. The first-order chi connectivity index (χ1) is 12.7. The first kappa shape index (κ1) is 21.0. The van der Waals surface area contributed by atoms with E-state index in [2.05, 4.69) is 10.2 Å². The Morgan fingerprint density at radius 1 is 1.22 bits per heavy atom.